The van der Waals surface area contributed by atoms with E-state index in [0.29, 0.717) is 25.7 Å². The number of hydrogen-bond donors (Lipinski definition) is 3. The van der Waals surface area contributed by atoms with Crippen LogP contribution >= 0.6 is 0 Å². The second-order valence-electron chi connectivity index (χ2n) is 4.12. The Hall–Kier alpha value is -0.600. The smallest absolute Gasteiger partial charge is 0.405 e. The van der Waals surface area contributed by atoms with E-state index in [1.807, 2.05) is 0 Å². The van der Waals surface area contributed by atoms with Crippen LogP contribution in [0.4, 0.5) is 13.2 Å². The summed E-state index contributed by atoms with van der Waals surface area (Å²) in [5.74, 6) is -1.71. The summed E-state index contributed by atoms with van der Waals surface area (Å²) in [6, 6.07) is -0.362. The average Bonchev–Trinajstić information content (AvgIpc) is 2.14. The molecule has 0 saturated heterocycles. The van der Waals surface area contributed by atoms with Gasteiger partial charge in [-0.05, 0) is 36.1 Å². The standard InChI is InChI=1S/C9H15F3N2O2S/c10-9(11,12)6-17(15,16)14-8-3-1-7(5-13)2-4-8/h5,8H,1-4,6,13H2,(H-,14,15,16)/p+1. The maximum absolute atomic E-state index is 12.0. The molecule has 0 bridgehead atoms. The van der Waals surface area contributed by atoms with Crippen molar-refractivity contribution < 1.29 is 21.9 Å². The lowest BCUT2D eigenvalue weighted by Crippen LogP contribution is -2.45. The van der Waals surface area contributed by atoms with Gasteiger partial charge in [0, 0.05) is 0 Å². The molecule has 0 amide bonds. The van der Waals surface area contributed by atoms with E-state index >= 15 is 0 Å². The summed E-state index contributed by atoms with van der Waals surface area (Å²) in [5.41, 5.74) is 6.35. The van der Waals surface area contributed by atoms with Crippen LogP contribution < -0.4 is 10.5 Å². The fourth-order valence-corrected chi connectivity index (χ4v) is 3.08. The van der Waals surface area contributed by atoms with Crippen LogP contribution in [0.2, 0.25) is 0 Å². The van der Waals surface area contributed by atoms with Crippen LogP contribution in [-0.4, -0.2) is 22.5 Å². The lowest BCUT2D eigenvalue weighted by Gasteiger charge is -2.23. The van der Waals surface area contributed by atoms with Crippen LogP contribution in [0.15, 0.2) is 11.8 Å². The highest BCUT2D eigenvalue weighted by Crippen LogP contribution is 2.25. The molecule has 1 unspecified atom stereocenters. The molecule has 4 nitrogen and oxygen atoms in total. The van der Waals surface area contributed by atoms with Crippen molar-refractivity contribution in [2.24, 2.45) is 5.73 Å². The highest BCUT2D eigenvalue weighted by Gasteiger charge is 2.45. The third-order valence-corrected chi connectivity index (χ3v) is 3.99. The van der Waals surface area contributed by atoms with Crippen molar-refractivity contribution in [1.82, 2.24) is 4.72 Å². The first-order valence-electron chi connectivity index (χ1n) is 5.20. The molecule has 0 radical (unpaired) electrons. The van der Waals surface area contributed by atoms with E-state index in [-0.39, 0.29) is 6.04 Å². The first kappa shape index (κ1) is 14.5. The molecule has 1 aliphatic carbocycles. The molecule has 1 saturated carbocycles. The molecule has 4 N–H and O–H groups in total. The molecular weight excluding hydrogens is 257 g/mol. The summed E-state index contributed by atoms with van der Waals surface area (Å²) < 4.78 is 58.7. The van der Waals surface area contributed by atoms with Gasteiger partial charge in [0.15, 0.2) is 0 Å². The Bertz CT molecular complexity index is 334. The lowest BCUT2D eigenvalue weighted by molar-refractivity contribution is -0.107. The van der Waals surface area contributed by atoms with Gasteiger partial charge in [-0.25, -0.2) is 0 Å². The van der Waals surface area contributed by atoms with Gasteiger partial charge in [0.25, 0.3) is 16.2 Å². The van der Waals surface area contributed by atoms with Gasteiger partial charge in [-0.2, -0.15) is 17.7 Å². The third kappa shape index (κ3) is 5.51. The van der Waals surface area contributed by atoms with E-state index in [1.165, 1.54) is 6.20 Å². The van der Waals surface area contributed by atoms with Gasteiger partial charge in [0.2, 0.25) is 0 Å². The van der Waals surface area contributed by atoms with Crippen molar-refractivity contribution in [3.63, 3.8) is 0 Å². The zero-order chi connectivity index (χ0) is 13.1. The number of nitrogens with one attached hydrogen (secondary N) is 1. The summed E-state index contributed by atoms with van der Waals surface area (Å²) in [5, 5.41) is 0. The van der Waals surface area contributed by atoms with E-state index in [1.54, 1.807) is 0 Å². The maximum Gasteiger partial charge on any atom is 0.438 e. The Morgan fingerprint density at radius 2 is 2.00 bits per heavy atom. The van der Waals surface area contributed by atoms with Gasteiger partial charge in [-0.15, -0.1) is 4.72 Å². The largest absolute Gasteiger partial charge is 0.438 e. The maximum atomic E-state index is 12.0. The molecule has 0 heterocycles. The SMILES string of the molecule is NC=C1CCC(N[S+](=O)(O)CC(F)(F)F)CC1. The third-order valence-electron chi connectivity index (χ3n) is 2.57. The van der Waals surface area contributed by atoms with Gasteiger partial charge < -0.3 is 5.73 Å². The first-order chi connectivity index (χ1) is 7.72. The van der Waals surface area contributed by atoms with Crippen molar-refractivity contribution >= 4 is 10.4 Å². The molecule has 0 aromatic carbocycles. The summed E-state index contributed by atoms with van der Waals surface area (Å²) in [6.07, 6.45) is -0.805. The van der Waals surface area contributed by atoms with E-state index in [4.69, 9.17) is 5.73 Å². The highest BCUT2D eigenvalue weighted by molar-refractivity contribution is 7.95. The van der Waals surface area contributed by atoms with Crippen molar-refractivity contribution in [1.29, 1.82) is 0 Å². The minimum atomic E-state index is -4.64. The second kappa shape index (κ2) is 5.36. The predicted octanol–water partition coefficient (Wildman–Crippen LogP) is 1.81. The van der Waals surface area contributed by atoms with Gasteiger partial charge in [-0.1, -0.05) is 5.57 Å². The Balaban J connectivity index is 2.47. The second-order valence-corrected chi connectivity index (χ2v) is 5.92. The van der Waals surface area contributed by atoms with Crippen LogP contribution in [0.1, 0.15) is 25.7 Å². The van der Waals surface area contributed by atoms with Crippen LogP contribution in [0.3, 0.4) is 0 Å². The monoisotopic (exact) mass is 273 g/mol. The number of halogens is 3. The molecule has 0 aromatic rings. The Kier molecular flexibility index (Phi) is 4.56. The number of rotatable bonds is 3. The Morgan fingerprint density at radius 1 is 1.47 bits per heavy atom. The number of nitrogens with two attached hydrogens (primary N) is 1. The molecule has 100 valence electrons. The molecule has 0 aromatic heterocycles. The number of hydrogen-bond acceptors (Lipinski definition) is 2. The molecule has 0 spiro atoms. The van der Waals surface area contributed by atoms with Gasteiger partial charge in [0.1, 0.15) is 0 Å². The fourth-order valence-electron chi connectivity index (χ4n) is 1.80. The molecule has 1 rings (SSSR count). The summed E-state index contributed by atoms with van der Waals surface area (Å²) in [7, 11) is -4.04. The minimum absolute atomic E-state index is 0.362. The fraction of sp³-hybridized carbons (Fsp3) is 0.778. The molecule has 0 aliphatic heterocycles. The summed E-state index contributed by atoms with van der Waals surface area (Å²) in [4.78, 5) is 0. The molecule has 1 aliphatic rings. The normalized spacial score (nSPS) is 25.4. The van der Waals surface area contributed by atoms with Crippen molar-refractivity contribution in [2.45, 2.75) is 37.9 Å². The Morgan fingerprint density at radius 3 is 2.41 bits per heavy atom. The summed E-state index contributed by atoms with van der Waals surface area (Å²) in [6.45, 7) is 0. The van der Waals surface area contributed by atoms with Crippen molar-refractivity contribution in [3.05, 3.63) is 11.8 Å². The lowest BCUT2D eigenvalue weighted by atomic mass is 9.92. The molecular formula is C9H16F3N2O2S+. The molecule has 1 atom stereocenters. The quantitative estimate of drug-likeness (QED) is 0.686. The number of alkyl halides is 3. The first-order valence-corrected chi connectivity index (χ1v) is 6.88. The van der Waals surface area contributed by atoms with Crippen molar-refractivity contribution in [2.75, 3.05) is 5.75 Å². The Labute approximate surface area is 98.8 Å². The van der Waals surface area contributed by atoms with E-state index < -0.39 is 22.3 Å². The van der Waals surface area contributed by atoms with Crippen LogP contribution in [-0.2, 0) is 14.6 Å². The van der Waals surface area contributed by atoms with E-state index in [2.05, 4.69) is 4.72 Å². The highest BCUT2D eigenvalue weighted by atomic mass is 32.3. The van der Waals surface area contributed by atoms with Crippen LogP contribution in [0.25, 0.3) is 0 Å². The zero-order valence-electron chi connectivity index (χ0n) is 9.17. The van der Waals surface area contributed by atoms with Gasteiger partial charge in [0.05, 0.1) is 6.04 Å². The van der Waals surface area contributed by atoms with E-state index in [0.717, 1.165) is 5.57 Å². The van der Waals surface area contributed by atoms with Gasteiger partial charge >= 0.3 is 6.18 Å². The molecule has 8 heteroatoms. The topological polar surface area (TPSA) is 75.3 Å². The van der Waals surface area contributed by atoms with Crippen molar-refractivity contribution in [3.8, 4) is 0 Å². The zero-order valence-corrected chi connectivity index (χ0v) is 9.98. The average molecular weight is 273 g/mol. The van der Waals surface area contributed by atoms with Gasteiger partial charge in [-0.3, -0.25) is 0 Å². The molecule has 17 heavy (non-hydrogen) atoms. The molecule has 1 fully saturated rings. The minimum Gasteiger partial charge on any atom is -0.405 e. The van der Waals surface area contributed by atoms with E-state index in [9.17, 15) is 21.9 Å². The number of allylic oxidation sites excluding steroid dienone is 1. The summed E-state index contributed by atoms with van der Waals surface area (Å²) >= 11 is 0. The van der Waals surface area contributed by atoms with Crippen LogP contribution in [0, 0.1) is 0 Å². The van der Waals surface area contributed by atoms with Crippen LogP contribution in [0.5, 0.6) is 0 Å². The predicted molar refractivity (Wildman–Crippen MR) is 59.3 cm³/mol.